The van der Waals surface area contributed by atoms with E-state index in [-0.39, 0.29) is 0 Å². The van der Waals surface area contributed by atoms with Gasteiger partial charge in [-0.2, -0.15) is 0 Å². The van der Waals surface area contributed by atoms with Gasteiger partial charge in [-0.1, -0.05) is 0 Å². The number of amides is 1. The molecule has 2 N–H and O–H groups in total. The molecule has 4 nitrogen and oxygen atoms in total. The fourth-order valence-electron chi connectivity index (χ4n) is 1.12. The van der Waals surface area contributed by atoms with Crippen LogP contribution in [-0.2, 0) is 4.79 Å². The average molecular weight is 179 g/mol. The van der Waals surface area contributed by atoms with E-state index in [0.29, 0.717) is 5.82 Å². The Balaban J connectivity index is 3.03. The normalized spacial score (nSPS) is 19.9. The zero-order valence-corrected chi connectivity index (χ0v) is 8.03. The molecule has 0 aromatic heterocycles. The molecule has 0 saturated heterocycles. The lowest BCUT2D eigenvalue weighted by atomic mass is 10.2. The highest BCUT2D eigenvalue weighted by Crippen LogP contribution is 2.16. The summed E-state index contributed by atoms with van der Waals surface area (Å²) >= 11 is 0. The minimum atomic E-state index is -0.479. The molecular formula is C9H13N3O. The first-order chi connectivity index (χ1) is 6.00. The maximum Gasteiger partial charge on any atom is 0.245 e. The predicted molar refractivity (Wildman–Crippen MR) is 51.9 cm³/mol. The van der Waals surface area contributed by atoms with Crippen molar-refractivity contribution in [1.82, 2.24) is 4.90 Å². The molecule has 0 aromatic rings. The van der Waals surface area contributed by atoms with Crippen molar-refractivity contribution in [2.75, 3.05) is 7.05 Å². The van der Waals surface area contributed by atoms with Gasteiger partial charge in [0, 0.05) is 24.5 Å². The number of nitrogens with zero attached hydrogens (tertiary/aromatic N) is 2. The summed E-state index contributed by atoms with van der Waals surface area (Å²) in [7, 11) is 1.84. The number of aliphatic imine (C=N–C) groups is 1. The number of nitrogens with two attached hydrogens (primary N) is 1. The van der Waals surface area contributed by atoms with Crippen LogP contribution in [0.3, 0.4) is 0 Å². The minimum absolute atomic E-state index is 0.479. The van der Waals surface area contributed by atoms with E-state index in [1.54, 1.807) is 0 Å². The molecule has 1 rings (SSSR count). The molecule has 0 saturated carbocycles. The second-order valence-corrected chi connectivity index (χ2v) is 3.00. The molecule has 0 atom stereocenters. The Labute approximate surface area is 77.4 Å². The van der Waals surface area contributed by atoms with Gasteiger partial charge in [-0.3, -0.25) is 4.79 Å². The van der Waals surface area contributed by atoms with Gasteiger partial charge in [0.25, 0.3) is 0 Å². The van der Waals surface area contributed by atoms with Crippen LogP contribution in [0.15, 0.2) is 28.7 Å². The Morgan fingerprint density at radius 3 is 2.77 bits per heavy atom. The third-order valence-electron chi connectivity index (χ3n) is 1.85. The fourth-order valence-corrected chi connectivity index (χ4v) is 1.12. The van der Waals surface area contributed by atoms with Crippen molar-refractivity contribution in [2.24, 2.45) is 10.7 Å². The van der Waals surface area contributed by atoms with E-state index >= 15 is 0 Å². The van der Waals surface area contributed by atoms with E-state index in [0.717, 1.165) is 11.4 Å². The zero-order valence-electron chi connectivity index (χ0n) is 8.03. The van der Waals surface area contributed by atoms with Crippen molar-refractivity contribution >= 4 is 11.6 Å². The molecule has 0 fully saturated rings. The molecule has 1 aliphatic heterocycles. The van der Waals surface area contributed by atoms with E-state index in [1.807, 2.05) is 31.9 Å². The quantitative estimate of drug-likeness (QED) is 0.600. The Hall–Kier alpha value is -1.58. The molecule has 13 heavy (non-hydrogen) atoms. The third kappa shape index (κ3) is 2.18. The van der Waals surface area contributed by atoms with E-state index in [9.17, 15) is 4.79 Å². The van der Waals surface area contributed by atoms with Crippen LogP contribution in [0.5, 0.6) is 0 Å². The standard InChI is InChI=1S/C9H13N3O/c1-6-4-7(2)12(3)9(11-6)5-8(10)13/h4-5H,1-3H3,(H2,10,13). The van der Waals surface area contributed by atoms with Crippen LogP contribution in [0.1, 0.15) is 13.8 Å². The Morgan fingerprint density at radius 1 is 1.62 bits per heavy atom. The SMILES string of the molecule is CC1=CC(C)=NC(=CC(N)=O)N1C. The number of carbonyl (C=O) groups excluding carboxylic acids is 1. The van der Waals surface area contributed by atoms with Crippen LogP contribution >= 0.6 is 0 Å². The summed E-state index contributed by atoms with van der Waals surface area (Å²) in [5.74, 6) is 0.109. The molecule has 1 aliphatic rings. The first-order valence-electron chi connectivity index (χ1n) is 3.99. The van der Waals surface area contributed by atoms with Crippen LogP contribution in [0.4, 0.5) is 0 Å². The van der Waals surface area contributed by atoms with E-state index < -0.39 is 5.91 Å². The van der Waals surface area contributed by atoms with Gasteiger partial charge in [0.1, 0.15) is 5.82 Å². The molecular weight excluding hydrogens is 166 g/mol. The van der Waals surface area contributed by atoms with Crippen molar-refractivity contribution in [3.63, 3.8) is 0 Å². The molecule has 1 amide bonds. The minimum Gasteiger partial charge on any atom is -0.366 e. The predicted octanol–water partition coefficient (Wildman–Crippen LogP) is 0.623. The van der Waals surface area contributed by atoms with Crippen molar-refractivity contribution < 1.29 is 4.79 Å². The molecule has 1 heterocycles. The maximum absolute atomic E-state index is 10.7. The van der Waals surface area contributed by atoms with Gasteiger partial charge in [-0.15, -0.1) is 0 Å². The summed E-state index contributed by atoms with van der Waals surface area (Å²) in [4.78, 5) is 16.7. The van der Waals surface area contributed by atoms with Crippen LogP contribution in [0.2, 0.25) is 0 Å². The van der Waals surface area contributed by atoms with Crippen LogP contribution in [-0.4, -0.2) is 23.6 Å². The third-order valence-corrected chi connectivity index (χ3v) is 1.85. The second kappa shape index (κ2) is 3.43. The maximum atomic E-state index is 10.7. The highest BCUT2D eigenvalue weighted by Gasteiger charge is 2.11. The number of allylic oxidation sites excluding steroid dienone is 2. The molecule has 0 aromatic carbocycles. The molecule has 0 bridgehead atoms. The summed E-state index contributed by atoms with van der Waals surface area (Å²) in [6, 6.07) is 0. The van der Waals surface area contributed by atoms with E-state index in [2.05, 4.69) is 4.99 Å². The first kappa shape index (κ1) is 9.51. The first-order valence-corrected chi connectivity index (χ1v) is 3.99. The fraction of sp³-hybridized carbons (Fsp3) is 0.333. The summed E-state index contributed by atoms with van der Waals surface area (Å²) in [6.07, 6.45) is 3.26. The topological polar surface area (TPSA) is 58.7 Å². The van der Waals surface area contributed by atoms with Crippen LogP contribution in [0.25, 0.3) is 0 Å². The molecule has 0 radical (unpaired) electrons. The van der Waals surface area contributed by atoms with Gasteiger partial charge in [0.2, 0.25) is 5.91 Å². The lowest BCUT2D eigenvalue weighted by Gasteiger charge is -2.23. The largest absolute Gasteiger partial charge is 0.366 e. The summed E-state index contributed by atoms with van der Waals surface area (Å²) < 4.78 is 0. The number of hydrogen-bond donors (Lipinski definition) is 1. The smallest absolute Gasteiger partial charge is 0.245 e. The van der Waals surface area contributed by atoms with Crippen molar-refractivity contribution in [2.45, 2.75) is 13.8 Å². The molecule has 4 heteroatoms. The van der Waals surface area contributed by atoms with Gasteiger partial charge >= 0.3 is 0 Å². The average Bonchev–Trinajstić information content (AvgIpc) is 1.98. The number of carbonyl (C=O) groups is 1. The Bertz CT molecular complexity index is 326. The van der Waals surface area contributed by atoms with Gasteiger partial charge in [-0.25, -0.2) is 4.99 Å². The van der Waals surface area contributed by atoms with Gasteiger partial charge < -0.3 is 10.6 Å². The van der Waals surface area contributed by atoms with Crippen molar-refractivity contribution in [1.29, 1.82) is 0 Å². The lowest BCUT2D eigenvalue weighted by molar-refractivity contribution is -0.113. The van der Waals surface area contributed by atoms with E-state index in [1.165, 1.54) is 6.08 Å². The molecule has 0 aliphatic carbocycles. The highest BCUT2D eigenvalue weighted by molar-refractivity contribution is 5.95. The molecule has 70 valence electrons. The Kier molecular flexibility index (Phi) is 2.51. The monoisotopic (exact) mass is 179 g/mol. The Morgan fingerprint density at radius 2 is 2.23 bits per heavy atom. The van der Waals surface area contributed by atoms with Gasteiger partial charge in [0.15, 0.2) is 0 Å². The van der Waals surface area contributed by atoms with E-state index in [4.69, 9.17) is 5.73 Å². The summed E-state index contributed by atoms with van der Waals surface area (Å²) in [5, 5.41) is 0. The van der Waals surface area contributed by atoms with Crippen LogP contribution < -0.4 is 5.73 Å². The summed E-state index contributed by atoms with van der Waals surface area (Å²) in [5.41, 5.74) is 6.97. The second-order valence-electron chi connectivity index (χ2n) is 3.00. The molecule has 0 unspecified atom stereocenters. The number of primary amides is 1. The molecule has 0 spiro atoms. The zero-order chi connectivity index (χ0) is 10.0. The lowest BCUT2D eigenvalue weighted by Crippen LogP contribution is -2.21. The summed E-state index contributed by atoms with van der Waals surface area (Å²) in [6.45, 7) is 3.83. The van der Waals surface area contributed by atoms with Crippen LogP contribution in [0, 0.1) is 0 Å². The van der Waals surface area contributed by atoms with Gasteiger partial charge in [-0.05, 0) is 19.9 Å². The van der Waals surface area contributed by atoms with Gasteiger partial charge in [0.05, 0.1) is 0 Å². The van der Waals surface area contributed by atoms with Crippen molar-refractivity contribution in [3.05, 3.63) is 23.7 Å². The number of rotatable bonds is 1. The highest BCUT2D eigenvalue weighted by atomic mass is 16.1. The number of hydrogen-bond acceptors (Lipinski definition) is 3. The van der Waals surface area contributed by atoms with Crippen molar-refractivity contribution in [3.8, 4) is 0 Å².